The monoisotopic (exact) mass is 449 g/mol. The largest absolute Gasteiger partial charge is 0.454 e. The topological polar surface area (TPSA) is 65.3 Å². The maximum absolute atomic E-state index is 5.60. The van der Waals surface area contributed by atoms with Crippen LogP contribution in [0.1, 0.15) is 31.0 Å². The smallest absolute Gasteiger partial charge is 0.240 e. The number of unbranched alkanes of at least 4 members (excludes halogenated alkanes) is 1. The molecule has 0 spiro atoms. The summed E-state index contributed by atoms with van der Waals surface area (Å²) in [4.78, 5) is 16.5. The van der Waals surface area contributed by atoms with Gasteiger partial charge in [-0.2, -0.15) is 4.98 Å². The molecule has 0 amide bonds. The fraction of sp³-hybridized carbons (Fsp3) is 0.480. The lowest BCUT2D eigenvalue weighted by molar-refractivity contribution is 0.131. The molecule has 0 aliphatic carbocycles. The fourth-order valence-corrected chi connectivity index (χ4v) is 4.77. The molecule has 2 aliphatic rings. The summed E-state index contributed by atoms with van der Waals surface area (Å²) in [6.45, 7) is 11.1. The first-order chi connectivity index (χ1) is 16.1. The van der Waals surface area contributed by atoms with E-state index in [9.17, 15) is 0 Å². The molecule has 33 heavy (non-hydrogen) atoms. The Morgan fingerprint density at radius 3 is 2.70 bits per heavy atom. The van der Waals surface area contributed by atoms with Crippen LogP contribution < -0.4 is 14.0 Å². The predicted octanol–water partition coefficient (Wildman–Crippen LogP) is 3.37. The van der Waals surface area contributed by atoms with Crippen molar-refractivity contribution < 1.29 is 9.47 Å². The second-order valence-electron chi connectivity index (χ2n) is 9.09. The van der Waals surface area contributed by atoms with Gasteiger partial charge in [0, 0.05) is 43.7 Å². The van der Waals surface area contributed by atoms with Crippen molar-refractivity contribution in [2.45, 2.75) is 33.1 Å². The highest BCUT2D eigenvalue weighted by Crippen LogP contribution is 2.33. The molecule has 2 aromatic heterocycles. The highest BCUT2D eigenvalue weighted by molar-refractivity contribution is 5.45. The molecule has 2 aliphatic heterocycles. The van der Waals surface area contributed by atoms with E-state index >= 15 is 0 Å². The van der Waals surface area contributed by atoms with Crippen molar-refractivity contribution in [2.24, 2.45) is 0 Å². The van der Waals surface area contributed by atoms with Crippen LogP contribution in [0.25, 0.3) is 5.95 Å². The SMILES string of the molecule is CCCCN1CC[N+](CCc2ccc3c(c2)OCO3)(c2cc(C)nc(-n3ccnc3)n2)CC1. The maximum atomic E-state index is 5.60. The Hall–Kier alpha value is -2.97. The van der Waals surface area contributed by atoms with Gasteiger partial charge in [0.1, 0.15) is 6.33 Å². The number of benzene rings is 1. The molecule has 174 valence electrons. The normalized spacial score (nSPS) is 17.4. The zero-order valence-electron chi connectivity index (χ0n) is 19.6. The van der Waals surface area contributed by atoms with Crippen LogP contribution in [0.4, 0.5) is 5.82 Å². The number of imidazole rings is 1. The third-order valence-corrected chi connectivity index (χ3v) is 6.83. The quantitative estimate of drug-likeness (QED) is 0.492. The Labute approximate surface area is 195 Å². The van der Waals surface area contributed by atoms with Gasteiger partial charge in [0.15, 0.2) is 11.5 Å². The lowest BCUT2D eigenvalue weighted by Gasteiger charge is -2.43. The van der Waals surface area contributed by atoms with Gasteiger partial charge >= 0.3 is 0 Å². The molecule has 1 saturated heterocycles. The minimum Gasteiger partial charge on any atom is -0.454 e. The van der Waals surface area contributed by atoms with Crippen molar-refractivity contribution in [3.63, 3.8) is 0 Å². The summed E-state index contributed by atoms with van der Waals surface area (Å²) in [5.74, 6) is 3.48. The van der Waals surface area contributed by atoms with Gasteiger partial charge in [0.2, 0.25) is 18.6 Å². The van der Waals surface area contributed by atoms with Crippen molar-refractivity contribution in [1.82, 2.24) is 28.9 Å². The van der Waals surface area contributed by atoms with Crippen LogP contribution in [0.2, 0.25) is 0 Å². The molecule has 0 bridgehead atoms. The Kier molecular flexibility index (Phi) is 6.28. The number of hydrogen-bond donors (Lipinski definition) is 0. The molecule has 5 rings (SSSR count). The van der Waals surface area contributed by atoms with Crippen molar-refractivity contribution in [3.05, 3.63) is 54.2 Å². The van der Waals surface area contributed by atoms with Crippen LogP contribution in [0.5, 0.6) is 11.5 Å². The van der Waals surface area contributed by atoms with E-state index in [-0.39, 0.29) is 0 Å². The second kappa shape index (κ2) is 9.49. The standard InChI is InChI=1S/C25H33N6O2/c1-3-4-9-29-11-14-31(15-12-29,13-7-21-5-6-22-23(17-21)33-19-32-22)24-16-20(2)27-25(28-24)30-10-8-26-18-30/h5-6,8,10,16-18H,3-4,7,9,11-15,19H2,1-2H3/q+1. The molecule has 0 unspecified atom stereocenters. The molecule has 8 heteroatoms. The minimum atomic E-state index is 0.309. The van der Waals surface area contributed by atoms with E-state index in [0.29, 0.717) is 12.7 Å². The summed E-state index contributed by atoms with van der Waals surface area (Å²) in [5.41, 5.74) is 2.25. The van der Waals surface area contributed by atoms with Crippen molar-refractivity contribution in [3.8, 4) is 17.4 Å². The highest BCUT2D eigenvalue weighted by atomic mass is 16.7. The predicted molar refractivity (Wildman–Crippen MR) is 128 cm³/mol. The number of rotatable bonds is 8. The first-order valence-electron chi connectivity index (χ1n) is 12.0. The van der Waals surface area contributed by atoms with Gasteiger partial charge in [-0.25, -0.2) is 9.97 Å². The Morgan fingerprint density at radius 2 is 1.91 bits per heavy atom. The number of aromatic nitrogens is 4. The van der Waals surface area contributed by atoms with Crippen LogP contribution in [0.3, 0.4) is 0 Å². The zero-order valence-corrected chi connectivity index (χ0v) is 19.6. The lowest BCUT2D eigenvalue weighted by atomic mass is 10.1. The minimum absolute atomic E-state index is 0.309. The molecule has 8 nitrogen and oxygen atoms in total. The number of fused-ring (bicyclic) bond motifs is 1. The summed E-state index contributed by atoms with van der Waals surface area (Å²) < 4.78 is 13.8. The van der Waals surface area contributed by atoms with E-state index in [4.69, 9.17) is 14.5 Å². The molecular weight excluding hydrogens is 416 g/mol. The Morgan fingerprint density at radius 1 is 1.06 bits per heavy atom. The Bertz CT molecular complexity index is 1080. The summed E-state index contributed by atoms with van der Waals surface area (Å²) >= 11 is 0. The van der Waals surface area contributed by atoms with Gasteiger partial charge in [-0.15, -0.1) is 0 Å². The Balaban J connectivity index is 1.42. The number of aryl methyl sites for hydroxylation is 1. The number of quaternary nitrogens is 1. The molecule has 0 atom stereocenters. The first-order valence-corrected chi connectivity index (χ1v) is 12.0. The maximum Gasteiger partial charge on any atom is 0.240 e. The summed E-state index contributed by atoms with van der Waals surface area (Å²) in [5, 5.41) is 0. The first kappa shape index (κ1) is 21.9. The molecule has 0 radical (unpaired) electrons. The summed E-state index contributed by atoms with van der Waals surface area (Å²) in [7, 11) is 0. The number of ether oxygens (including phenoxy) is 2. The molecule has 1 aromatic carbocycles. The molecule has 0 saturated carbocycles. The lowest BCUT2D eigenvalue weighted by Crippen LogP contribution is -2.62. The van der Waals surface area contributed by atoms with E-state index in [1.807, 2.05) is 16.8 Å². The van der Waals surface area contributed by atoms with E-state index in [2.05, 4.69) is 46.9 Å². The van der Waals surface area contributed by atoms with Gasteiger partial charge in [-0.1, -0.05) is 19.4 Å². The van der Waals surface area contributed by atoms with Gasteiger partial charge in [-0.3, -0.25) is 14.0 Å². The van der Waals surface area contributed by atoms with Crippen LogP contribution in [-0.4, -0.2) is 70.5 Å². The van der Waals surface area contributed by atoms with Crippen LogP contribution in [0.15, 0.2) is 43.0 Å². The molecule has 3 aromatic rings. The molecular formula is C25H33N6O2+. The van der Waals surface area contributed by atoms with E-state index in [1.165, 1.54) is 24.9 Å². The molecule has 0 N–H and O–H groups in total. The molecule has 4 heterocycles. The van der Waals surface area contributed by atoms with Gasteiger partial charge in [-0.05, 0) is 37.6 Å². The summed E-state index contributed by atoms with van der Waals surface area (Å²) in [6.07, 6.45) is 8.88. The third-order valence-electron chi connectivity index (χ3n) is 6.83. The van der Waals surface area contributed by atoms with Crippen molar-refractivity contribution in [1.29, 1.82) is 0 Å². The second-order valence-corrected chi connectivity index (χ2v) is 9.09. The van der Waals surface area contributed by atoms with E-state index in [1.54, 1.807) is 12.5 Å². The average molecular weight is 450 g/mol. The van der Waals surface area contributed by atoms with Crippen molar-refractivity contribution >= 4 is 5.82 Å². The number of nitrogens with zero attached hydrogens (tertiary/aromatic N) is 6. The van der Waals surface area contributed by atoms with Crippen LogP contribution >= 0.6 is 0 Å². The third kappa shape index (κ3) is 4.72. The van der Waals surface area contributed by atoms with Crippen LogP contribution in [-0.2, 0) is 6.42 Å². The number of piperazine rings is 1. The molecule has 1 fully saturated rings. The van der Waals surface area contributed by atoms with Crippen molar-refractivity contribution in [2.75, 3.05) is 46.1 Å². The zero-order chi connectivity index (χ0) is 22.7. The van der Waals surface area contributed by atoms with E-state index < -0.39 is 0 Å². The van der Waals surface area contributed by atoms with E-state index in [0.717, 1.165) is 66.6 Å². The van der Waals surface area contributed by atoms with Gasteiger partial charge in [0.05, 0.1) is 19.6 Å². The number of hydrogen-bond acceptors (Lipinski definition) is 6. The summed E-state index contributed by atoms with van der Waals surface area (Å²) in [6, 6.07) is 8.47. The highest BCUT2D eigenvalue weighted by Gasteiger charge is 2.37. The average Bonchev–Trinajstić information content (AvgIpc) is 3.54. The van der Waals surface area contributed by atoms with Crippen LogP contribution in [0, 0.1) is 6.92 Å². The fourth-order valence-electron chi connectivity index (χ4n) is 4.77. The van der Waals surface area contributed by atoms with Gasteiger partial charge in [0.25, 0.3) is 0 Å². The van der Waals surface area contributed by atoms with Gasteiger partial charge < -0.3 is 9.47 Å².